The van der Waals surface area contributed by atoms with E-state index in [9.17, 15) is 18.9 Å². The van der Waals surface area contributed by atoms with Gasteiger partial charge in [-0.25, -0.2) is 14.2 Å². The van der Waals surface area contributed by atoms with Gasteiger partial charge >= 0.3 is 19.7 Å². The fourth-order valence-corrected chi connectivity index (χ4v) is 7.35. The Morgan fingerprint density at radius 3 is 1.86 bits per heavy atom. The van der Waals surface area contributed by atoms with Crippen LogP contribution in [0.1, 0.15) is 46.1 Å². The van der Waals surface area contributed by atoms with Gasteiger partial charge in [0.15, 0.2) is 11.9 Å². The Morgan fingerprint density at radius 2 is 1.37 bits per heavy atom. The molecule has 10 nitrogen and oxygen atoms in total. The van der Waals surface area contributed by atoms with Gasteiger partial charge in [0.05, 0.1) is 0 Å². The maximum Gasteiger partial charge on any atom is 0.453 e. The molecular formula is C35H43Cl2N2O8PS. The summed E-state index contributed by atoms with van der Waals surface area (Å²) in [5.74, 6) is -2.29. The second-order valence-corrected chi connectivity index (χ2v) is 15.8. The zero-order valence-corrected chi connectivity index (χ0v) is 31.3. The lowest BCUT2D eigenvalue weighted by Gasteiger charge is -2.32. The molecular weight excluding hydrogens is 710 g/mol. The molecule has 49 heavy (non-hydrogen) atoms. The number of amides is 2. The van der Waals surface area contributed by atoms with Gasteiger partial charge in [0.25, 0.3) is 5.91 Å². The third-order valence-electron chi connectivity index (χ3n) is 6.99. The topological polar surface area (TPSA) is 129 Å². The standard InChI is InChI=1S/C35H43Cl2N2O8PS/c1-23(2)21-31(45-34(41)30(19-20-49-5)38-35(42)44-22-25-9-7-6-8-10-25)32(40)39-33(24(3)4)48(43,46-28-15-11-26(36)12-16-28)47-29-17-13-27(37)14-18-29/h6-18,23-24,30-31,33H,19-22H2,1-5H3,(H,38,42)(H,39,40)/t30-,31-,33-/m0/s1. The molecule has 0 aromatic heterocycles. The molecule has 0 aliphatic heterocycles. The van der Waals surface area contributed by atoms with Crippen LogP contribution < -0.4 is 19.7 Å². The molecule has 0 aliphatic rings. The first-order valence-corrected chi connectivity index (χ1v) is 19.5. The van der Waals surface area contributed by atoms with Crippen molar-refractivity contribution >= 4 is 60.5 Å². The number of thioether (sulfide) groups is 1. The summed E-state index contributed by atoms with van der Waals surface area (Å²) in [4.78, 5) is 40.1. The molecule has 266 valence electrons. The van der Waals surface area contributed by atoms with Gasteiger partial charge in [-0.2, -0.15) is 11.8 Å². The molecule has 0 bridgehead atoms. The number of ether oxygens (including phenoxy) is 2. The van der Waals surface area contributed by atoms with E-state index in [1.165, 1.54) is 36.0 Å². The summed E-state index contributed by atoms with van der Waals surface area (Å²) >= 11 is 13.6. The van der Waals surface area contributed by atoms with Crippen LogP contribution in [0.2, 0.25) is 10.0 Å². The van der Waals surface area contributed by atoms with Crippen molar-refractivity contribution in [2.75, 3.05) is 12.0 Å². The Labute approximate surface area is 302 Å². The number of hydrogen-bond acceptors (Lipinski definition) is 9. The van der Waals surface area contributed by atoms with Crippen LogP contribution in [-0.4, -0.2) is 47.9 Å². The Morgan fingerprint density at radius 1 is 0.816 bits per heavy atom. The highest BCUT2D eigenvalue weighted by atomic mass is 35.5. The fourth-order valence-electron chi connectivity index (χ4n) is 4.52. The first-order valence-electron chi connectivity index (χ1n) is 15.8. The lowest BCUT2D eigenvalue weighted by Crippen LogP contribution is -2.49. The van der Waals surface area contributed by atoms with E-state index in [2.05, 4.69) is 10.6 Å². The van der Waals surface area contributed by atoms with E-state index in [0.29, 0.717) is 15.8 Å². The number of alkyl carbamates (subject to hydrolysis) is 1. The first kappa shape index (κ1) is 40.1. The Balaban J connectivity index is 1.83. The molecule has 14 heteroatoms. The molecule has 0 aliphatic carbocycles. The highest BCUT2D eigenvalue weighted by Crippen LogP contribution is 2.54. The van der Waals surface area contributed by atoms with Gasteiger partial charge < -0.3 is 29.2 Å². The summed E-state index contributed by atoms with van der Waals surface area (Å²) in [5, 5.41) is 6.27. The fraction of sp³-hybridized carbons (Fsp3) is 0.400. The smallest absolute Gasteiger partial charge is 0.451 e. The van der Waals surface area contributed by atoms with Crippen LogP contribution in [0.5, 0.6) is 11.5 Å². The van der Waals surface area contributed by atoms with Gasteiger partial charge in [0, 0.05) is 10.0 Å². The predicted molar refractivity (Wildman–Crippen MR) is 194 cm³/mol. The van der Waals surface area contributed by atoms with E-state index in [1.54, 1.807) is 38.1 Å². The summed E-state index contributed by atoms with van der Waals surface area (Å²) < 4.78 is 37.8. The average Bonchev–Trinajstić information content (AvgIpc) is 3.06. The van der Waals surface area contributed by atoms with Gasteiger partial charge in [-0.15, -0.1) is 0 Å². The maximum absolute atomic E-state index is 14.7. The summed E-state index contributed by atoms with van der Waals surface area (Å²) in [6, 6.07) is 20.5. The van der Waals surface area contributed by atoms with Crippen molar-refractivity contribution in [3.63, 3.8) is 0 Å². The molecule has 3 aromatic rings. The van der Waals surface area contributed by atoms with Crippen LogP contribution >= 0.6 is 42.6 Å². The van der Waals surface area contributed by atoms with Crippen molar-refractivity contribution < 1.29 is 37.5 Å². The molecule has 2 N–H and O–H groups in total. The monoisotopic (exact) mass is 752 g/mol. The van der Waals surface area contributed by atoms with Gasteiger partial charge in [0.2, 0.25) is 0 Å². The Bertz CT molecular complexity index is 1490. The van der Waals surface area contributed by atoms with Crippen molar-refractivity contribution in [1.82, 2.24) is 10.6 Å². The van der Waals surface area contributed by atoms with Crippen molar-refractivity contribution in [3.8, 4) is 11.5 Å². The molecule has 3 atom stereocenters. The lowest BCUT2D eigenvalue weighted by molar-refractivity contribution is -0.159. The number of benzene rings is 3. The quantitative estimate of drug-likeness (QED) is 0.0968. The number of rotatable bonds is 18. The largest absolute Gasteiger partial charge is 0.453 e. The van der Waals surface area contributed by atoms with Crippen molar-refractivity contribution in [2.45, 2.75) is 65.1 Å². The van der Waals surface area contributed by atoms with E-state index in [1.807, 2.05) is 50.4 Å². The number of halogens is 2. The molecule has 0 unspecified atom stereocenters. The summed E-state index contributed by atoms with van der Waals surface area (Å²) in [6.07, 6.45) is 0.178. The van der Waals surface area contributed by atoms with Gasteiger partial charge in [-0.05, 0) is 90.8 Å². The lowest BCUT2D eigenvalue weighted by atomic mass is 10.0. The average molecular weight is 754 g/mol. The summed E-state index contributed by atoms with van der Waals surface area (Å²) in [6.45, 7) is 7.26. The third kappa shape index (κ3) is 13.5. The van der Waals surface area contributed by atoms with Crippen LogP contribution in [0.3, 0.4) is 0 Å². The molecule has 3 rings (SSSR count). The number of nitrogens with one attached hydrogen (secondary N) is 2. The highest BCUT2D eigenvalue weighted by molar-refractivity contribution is 7.98. The van der Waals surface area contributed by atoms with Crippen LogP contribution in [0, 0.1) is 11.8 Å². The number of carbonyl (C=O) groups is 3. The van der Waals surface area contributed by atoms with Gasteiger partial charge in [0.1, 0.15) is 24.1 Å². The van der Waals surface area contributed by atoms with Crippen LogP contribution in [-0.2, 0) is 30.2 Å². The second-order valence-electron chi connectivity index (χ2n) is 11.9. The molecule has 0 saturated carbocycles. The highest BCUT2D eigenvalue weighted by Gasteiger charge is 2.44. The minimum absolute atomic E-state index is 0.0161. The second kappa shape index (κ2) is 19.7. The van der Waals surface area contributed by atoms with Crippen molar-refractivity contribution in [2.24, 2.45) is 11.8 Å². The van der Waals surface area contributed by atoms with E-state index >= 15 is 0 Å². The number of hydrogen-bond donors (Lipinski definition) is 2. The van der Waals surface area contributed by atoms with E-state index in [-0.39, 0.29) is 36.9 Å². The maximum atomic E-state index is 14.7. The summed E-state index contributed by atoms with van der Waals surface area (Å²) in [5.41, 5.74) is 0.784. The van der Waals surface area contributed by atoms with E-state index in [0.717, 1.165) is 5.56 Å². The molecule has 2 amide bonds. The SMILES string of the molecule is CSCC[C@H](NC(=O)OCc1ccccc1)C(=O)O[C@@H](CC(C)C)C(=O)N[C@H](C(C)C)P(=O)(Oc1ccc(Cl)cc1)Oc1ccc(Cl)cc1. The number of carbonyl (C=O) groups excluding carboxylic acids is 3. The van der Waals surface area contributed by atoms with E-state index < -0.39 is 49.4 Å². The van der Waals surface area contributed by atoms with E-state index in [4.69, 9.17) is 41.7 Å². The molecule has 0 spiro atoms. The third-order valence-corrected chi connectivity index (χ3v) is 10.5. The minimum Gasteiger partial charge on any atom is -0.451 e. The number of esters is 1. The zero-order chi connectivity index (χ0) is 36.0. The van der Waals surface area contributed by atoms with Gasteiger partial charge in [-0.1, -0.05) is 81.2 Å². The summed E-state index contributed by atoms with van der Waals surface area (Å²) in [7, 11) is -4.24. The molecule has 0 saturated heterocycles. The van der Waals surface area contributed by atoms with Crippen LogP contribution in [0.15, 0.2) is 78.9 Å². The molecule has 0 fully saturated rings. The van der Waals surface area contributed by atoms with Crippen molar-refractivity contribution in [3.05, 3.63) is 94.5 Å². The Hall–Kier alpha value is -3.37. The molecule has 3 aromatic carbocycles. The predicted octanol–water partition coefficient (Wildman–Crippen LogP) is 8.75. The molecule has 0 radical (unpaired) electrons. The van der Waals surface area contributed by atoms with Crippen LogP contribution in [0.4, 0.5) is 4.79 Å². The van der Waals surface area contributed by atoms with Crippen LogP contribution in [0.25, 0.3) is 0 Å². The first-order chi connectivity index (χ1) is 23.3. The minimum atomic E-state index is -4.24. The molecule has 0 heterocycles. The normalized spacial score (nSPS) is 13.2. The van der Waals surface area contributed by atoms with Gasteiger partial charge in [-0.3, -0.25) is 4.79 Å². The Kier molecular flexibility index (Phi) is 16.1. The zero-order valence-electron chi connectivity index (χ0n) is 28.1. The van der Waals surface area contributed by atoms with Crippen molar-refractivity contribution in [1.29, 1.82) is 0 Å².